The first kappa shape index (κ1) is 16.0. The van der Waals surface area contributed by atoms with Gasteiger partial charge in [0, 0.05) is 18.8 Å². The third-order valence-corrected chi connectivity index (χ3v) is 4.11. The summed E-state index contributed by atoms with van der Waals surface area (Å²) in [6.07, 6.45) is 4.04. The highest BCUT2D eigenvalue weighted by Crippen LogP contribution is 2.35. The number of nitrogens with two attached hydrogens (primary N) is 1. The lowest BCUT2D eigenvalue weighted by atomic mass is 10.2. The Morgan fingerprint density at radius 3 is 2.43 bits per heavy atom. The summed E-state index contributed by atoms with van der Waals surface area (Å²) >= 11 is 12.0. The number of benzene rings is 1. The van der Waals surface area contributed by atoms with Crippen LogP contribution in [0.2, 0.25) is 10.0 Å². The maximum atomic E-state index is 11.3. The van der Waals surface area contributed by atoms with Gasteiger partial charge in [-0.2, -0.15) is 0 Å². The van der Waals surface area contributed by atoms with Gasteiger partial charge in [-0.25, -0.2) is 13.6 Å². The molecule has 1 aromatic heterocycles. The zero-order valence-electron chi connectivity index (χ0n) is 10.8. The summed E-state index contributed by atoms with van der Waals surface area (Å²) in [4.78, 5) is 3.84. The summed E-state index contributed by atoms with van der Waals surface area (Å²) in [7, 11) is -3.86. The predicted octanol–water partition coefficient (Wildman–Crippen LogP) is 2.66. The zero-order chi connectivity index (χ0) is 15.5. The van der Waals surface area contributed by atoms with Crippen molar-refractivity contribution in [1.29, 1.82) is 0 Å². The molecule has 1 heterocycles. The largest absolute Gasteiger partial charge is 0.490 e. The van der Waals surface area contributed by atoms with Gasteiger partial charge in [-0.15, -0.1) is 0 Å². The fourth-order valence-corrected chi connectivity index (χ4v) is 2.95. The Hall–Kier alpha value is -1.34. The van der Waals surface area contributed by atoms with Crippen LogP contribution in [-0.4, -0.2) is 20.0 Å². The molecule has 0 spiro atoms. The predicted molar refractivity (Wildman–Crippen MR) is 81.3 cm³/mol. The lowest BCUT2D eigenvalue weighted by molar-refractivity contribution is 0.322. The van der Waals surface area contributed by atoms with E-state index >= 15 is 0 Å². The molecule has 0 aliphatic heterocycles. The lowest BCUT2D eigenvalue weighted by Gasteiger charge is -2.11. The zero-order valence-corrected chi connectivity index (χ0v) is 13.1. The third-order valence-electron chi connectivity index (χ3n) is 2.66. The van der Waals surface area contributed by atoms with Crippen molar-refractivity contribution in [2.45, 2.75) is 11.3 Å². The summed E-state index contributed by atoms with van der Waals surface area (Å²) < 4.78 is 28.0. The van der Waals surface area contributed by atoms with E-state index < -0.39 is 10.0 Å². The van der Waals surface area contributed by atoms with Gasteiger partial charge in [0.2, 0.25) is 10.0 Å². The Bertz CT molecular complexity index is 713. The Morgan fingerprint density at radius 1 is 1.24 bits per heavy atom. The van der Waals surface area contributed by atoms with Gasteiger partial charge in [-0.05, 0) is 23.8 Å². The molecule has 2 rings (SSSR count). The van der Waals surface area contributed by atoms with E-state index in [1.807, 2.05) is 12.1 Å². The molecule has 0 radical (unpaired) electrons. The van der Waals surface area contributed by atoms with E-state index in [-0.39, 0.29) is 20.7 Å². The van der Waals surface area contributed by atoms with Crippen LogP contribution in [-0.2, 0) is 16.4 Å². The van der Waals surface area contributed by atoms with Crippen molar-refractivity contribution in [2.75, 3.05) is 6.61 Å². The van der Waals surface area contributed by atoms with E-state index in [1.165, 1.54) is 12.1 Å². The molecule has 0 saturated heterocycles. The van der Waals surface area contributed by atoms with Crippen molar-refractivity contribution >= 4 is 33.2 Å². The number of ether oxygens (including phenoxy) is 1. The highest BCUT2D eigenvalue weighted by atomic mass is 35.5. The number of halogens is 2. The SMILES string of the molecule is NS(=O)(=O)c1cc(Cl)c(OCCc2cccnc2)c(Cl)c1. The second kappa shape index (κ2) is 6.62. The quantitative estimate of drug-likeness (QED) is 0.901. The number of primary sulfonamides is 1. The van der Waals surface area contributed by atoms with E-state index in [4.69, 9.17) is 33.1 Å². The van der Waals surface area contributed by atoms with Crippen molar-refractivity contribution in [3.05, 3.63) is 52.3 Å². The molecule has 5 nitrogen and oxygen atoms in total. The van der Waals surface area contributed by atoms with Crippen molar-refractivity contribution in [3.8, 4) is 5.75 Å². The second-order valence-corrected chi connectivity index (χ2v) is 6.60. The summed E-state index contributed by atoms with van der Waals surface area (Å²) in [5.41, 5.74) is 1.01. The maximum absolute atomic E-state index is 11.3. The van der Waals surface area contributed by atoms with Crippen molar-refractivity contribution in [1.82, 2.24) is 4.98 Å². The van der Waals surface area contributed by atoms with E-state index in [0.29, 0.717) is 13.0 Å². The van der Waals surface area contributed by atoms with Gasteiger partial charge in [0.1, 0.15) is 0 Å². The van der Waals surface area contributed by atoms with Crippen LogP contribution >= 0.6 is 23.2 Å². The van der Waals surface area contributed by atoms with E-state index in [2.05, 4.69) is 4.98 Å². The molecule has 0 bridgehead atoms. The molecule has 0 atom stereocenters. The van der Waals surface area contributed by atoms with Crippen LogP contribution in [0.4, 0.5) is 0 Å². The van der Waals surface area contributed by atoms with Crippen LogP contribution in [0.15, 0.2) is 41.6 Å². The number of sulfonamides is 1. The van der Waals surface area contributed by atoms with Gasteiger partial charge in [-0.3, -0.25) is 4.98 Å². The normalized spacial score (nSPS) is 11.4. The molecule has 0 aliphatic rings. The molecule has 112 valence electrons. The third kappa shape index (κ3) is 4.31. The van der Waals surface area contributed by atoms with Gasteiger partial charge < -0.3 is 4.74 Å². The Labute approximate surface area is 132 Å². The smallest absolute Gasteiger partial charge is 0.238 e. The van der Waals surface area contributed by atoms with Gasteiger partial charge in [-0.1, -0.05) is 29.3 Å². The first-order chi connectivity index (χ1) is 9.88. The average Bonchev–Trinajstić information content (AvgIpc) is 2.42. The summed E-state index contributed by atoms with van der Waals surface area (Å²) in [6, 6.07) is 6.17. The molecule has 0 amide bonds. The molecule has 1 aromatic carbocycles. The molecule has 2 N–H and O–H groups in total. The fourth-order valence-electron chi connectivity index (χ4n) is 1.66. The Balaban J connectivity index is 2.11. The highest BCUT2D eigenvalue weighted by Gasteiger charge is 2.15. The molecule has 0 aliphatic carbocycles. The summed E-state index contributed by atoms with van der Waals surface area (Å²) in [5, 5.41) is 5.22. The Morgan fingerprint density at radius 2 is 1.90 bits per heavy atom. The number of hydrogen-bond donors (Lipinski definition) is 1. The van der Waals surface area contributed by atoms with Crippen molar-refractivity contribution < 1.29 is 13.2 Å². The van der Waals surface area contributed by atoms with Gasteiger partial charge >= 0.3 is 0 Å². The standard InChI is InChI=1S/C13H12Cl2N2O3S/c14-11-6-10(21(16,18)19)7-12(15)13(11)20-5-3-9-2-1-4-17-8-9/h1-2,4,6-8H,3,5H2,(H2,16,18,19). The molecule has 0 saturated carbocycles. The van der Waals surface area contributed by atoms with Crippen LogP contribution in [0.25, 0.3) is 0 Å². The van der Waals surface area contributed by atoms with Crippen LogP contribution < -0.4 is 9.88 Å². The number of aromatic nitrogens is 1. The number of pyridine rings is 1. The summed E-state index contributed by atoms with van der Waals surface area (Å²) in [5.74, 6) is 0.231. The molecule has 0 unspecified atom stereocenters. The minimum absolute atomic E-state index is 0.0951. The monoisotopic (exact) mass is 346 g/mol. The minimum atomic E-state index is -3.86. The van der Waals surface area contributed by atoms with Gasteiger partial charge in [0.05, 0.1) is 21.5 Å². The maximum Gasteiger partial charge on any atom is 0.238 e. The van der Waals surface area contributed by atoms with Crippen molar-refractivity contribution in [3.63, 3.8) is 0 Å². The lowest BCUT2D eigenvalue weighted by Crippen LogP contribution is -2.12. The molecule has 8 heteroatoms. The molecular formula is C13H12Cl2N2O3S. The molecule has 2 aromatic rings. The van der Waals surface area contributed by atoms with Crippen LogP contribution in [0.1, 0.15) is 5.56 Å². The average molecular weight is 347 g/mol. The molecule has 0 fully saturated rings. The van der Waals surface area contributed by atoms with E-state index in [9.17, 15) is 8.42 Å². The second-order valence-electron chi connectivity index (χ2n) is 4.22. The fraction of sp³-hybridized carbons (Fsp3) is 0.154. The minimum Gasteiger partial charge on any atom is -0.490 e. The number of rotatable bonds is 5. The van der Waals surface area contributed by atoms with Crippen LogP contribution in [0.5, 0.6) is 5.75 Å². The number of nitrogens with zero attached hydrogens (tertiary/aromatic N) is 1. The first-order valence-electron chi connectivity index (χ1n) is 5.91. The van der Waals surface area contributed by atoms with Crippen LogP contribution in [0.3, 0.4) is 0 Å². The summed E-state index contributed by atoms with van der Waals surface area (Å²) in [6.45, 7) is 0.333. The molecule has 21 heavy (non-hydrogen) atoms. The topological polar surface area (TPSA) is 82.3 Å². The first-order valence-corrected chi connectivity index (χ1v) is 8.21. The van der Waals surface area contributed by atoms with Gasteiger partial charge in [0.25, 0.3) is 0 Å². The van der Waals surface area contributed by atoms with Crippen LogP contribution in [0, 0.1) is 0 Å². The number of hydrogen-bond acceptors (Lipinski definition) is 4. The van der Waals surface area contributed by atoms with Crippen molar-refractivity contribution in [2.24, 2.45) is 5.14 Å². The van der Waals surface area contributed by atoms with E-state index in [0.717, 1.165) is 5.56 Å². The van der Waals surface area contributed by atoms with Gasteiger partial charge in [0.15, 0.2) is 5.75 Å². The molecular weight excluding hydrogens is 335 g/mol. The highest BCUT2D eigenvalue weighted by molar-refractivity contribution is 7.89. The van der Waals surface area contributed by atoms with E-state index in [1.54, 1.807) is 12.4 Å². The Kier molecular flexibility index (Phi) is 5.05.